The maximum atomic E-state index is 10.2. The highest BCUT2D eigenvalue weighted by Gasteiger charge is 1.90. The predicted molar refractivity (Wildman–Crippen MR) is 51.9 cm³/mol. The first-order chi connectivity index (χ1) is 6.72. The van der Waals surface area contributed by atoms with E-state index in [2.05, 4.69) is 10.0 Å². The molecule has 0 fully saturated rings. The lowest BCUT2D eigenvalue weighted by Crippen LogP contribution is -1.85. The van der Waals surface area contributed by atoms with Gasteiger partial charge in [-0.2, -0.15) is 0 Å². The van der Waals surface area contributed by atoms with Crippen LogP contribution in [-0.4, -0.2) is 11.1 Å². The third kappa shape index (κ3) is 3.00. The fourth-order valence-corrected chi connectivity index (χ4v) is 0.871. The fraction of sp³-hybridized carbons (Fsp3) is 0. The molecule has 1 rings (SSSR count). The Labute approximate surface area is 79.9 Å². The molecule has 0 unspecified atom stereocenters. The number of carbonyl (C=O) groups is 1. The molecular formula is C9H7N3O2. The molecule has 0 heterocycles. The molecule has 0 bridgehead atoms. The molecule has 0 saturated heterocycles. The van der Waals surface area contributed by atoms with Crippen LogP contribution in [0.3, 0.4) is 0 Å². The summed E-state index contributed by atoms with van der Waals surface area (Å²) in [6.45, 7) is 0. The van der Waals surface area contributed by atoms with Crippen LogP contribution < -0.4 is 0 Å². The van der Waals surface area contributed by atoms with Crippen molar-refractivity contribution >= 4 is 17.7 Å². The molecule has 14 heavy (non-hydrogen) atoms. The first-order valence-electron chi connectivity index (χ1n) is 3.78. The van der Waals surface area contributed by atoms with Crippen molar-refractivity contribution in [1.29, 1.82) is 0 Å². The first kappa shape index (κ1) is 9.83. The minimum atomic E-state index is -0.996. The Morgan fingerprint density at radius 2 is 2.07 bits per heavy atom. The molecule has 1 aromatic rings. The van der Waals surface area contributed by atoms with Gasteiger partial charge in [0, 0.05) is 16.7 Å². The summed E-state index contributed by atoms with van der Waals surface area (Å²) < 4.78 is 0. The number of azide groups is 1. The summed E-state index contributed by atoms with van der Waals surface area (Å²) in [5.41, 5.74) is 9.37. The second-order valence-corrected chi connectivity index (χ2v) is 2.45. The van der Waals surface area contributed by atoms with Crippen molar-refractivity contribution in [3.63, 3.8) is 0 Å². The molecule has 0 aliphatic rings. The first-order valence-corrected chi connectivity index (χ1v) is 3.78. The molecule has 5 heteroatoms. The third-order valence-electron chi connectivity index (χ3n) is 1.47. The summed E-state index contributed by atoms with van der Waals surface area (Å²) in [5.74, 6) is -0.996. The lowest BCUT2D eigenvalue weighted by atomic mass is 10.2. The smallest absolute Gasteiger partial charge is 0.328 e. The van der Waals surface area contributed by atoms with Gasteiger partial charge in [0.2, 0.25) is 0 Å². The minimum Gasteiger partial charge on any atom is -0.478 e. The summed E-state index contributed by atoms with van der Waals surface area (Å²) in [4.78, 5) is 12.8. The van der Waals surface area contributed by atoms with Crippen molar-refractivity contribution in [2.45, 2.75) is 0 Å². The van der Waals surface area contributed by atoms with Crippen molar-refractivity contribution in [2.24, 2.45) is 5.11 Å². The topological polar surface area (TPSA) is 86.1 Å². The van der Waals surface area contributed by atoms with Crippen LogP contribution in [0.4, 0.5) is 5.69 Å². The van der Waals surface area contributed by atoms with Gasteiger partial charge in [0.05, 0.1) is 0 Å². The molecule has 0 aliphatic heterocycles. The molecule has 0 spiro atoms. The van der Waals surface area contributed by atoms with Crippen molar-refractivity contribution in [3.05, 3.63) is 46.3 Å². The van der Waals surface area contributed by atoms with Gasteiger partial charge in [0.25, 0.3) is 0 Å². The molecule has 0 atom stereocenters. The summed E-state index contributed by atoms with van der Waals surface area (Å²) in [5, 5.41) is 11.7. The maximum absolute atomic E-state index is 10.2. The Morgan fingerprint density at radius 3 is 2.57 bits per heavy atom. The van der Waals surface area contributed by atoms with E-state index in [4.69, 9.17) is 10.6 Å². The molecule has 1 N–H and O–H groups in total. The Hall–Kier alpha value is -2.26. The SMILES string of the molecule is [N-]=[N+]=Nc1ccc(/C=C/C(=O)O)cc1. The van der Waals surface area contributed by atoms with Gasteiger partial charge in [-0.3, -0.25) is 0 Å². The largest absolute Gasteiger partial charge is 0.478 e. The van der Waals surface area contributed by atoms with Gasteiger partial charge in [-0.15, -0.1) is 0 Å². The van der Waals surface area contributed by atoms with Crippen LogP contribution in [0.5, 0.6) is 0 Å². The molecular weight excluding hydrogens is 182 g/mol. The van der Waals surface area contributed by atoms with E-state index in [1.165, 1.54) is 6.08 Å². The van der Waals surface area contributed by atoms with Crippen LogP contribution in [-0.2, 0) is 4.79 Å². The van der Waals surface area contributed by atoms with Crippen molar-refractivity contribution in [1.82, 2.24) is 0 Å². The van der Waals surface area contributed by atoms with E-state index < -0.39 is 5.97 Å². The second-order valence-electron chi connectivity index (χ2n) is 2.45. The van der Waals surface area contributed by atoms with Crippen LogP contribution >= 0.6 is 0 Å². The lowest BCUT2D eigenvalue weighted by Gasteiger charge is -1.92. The van der Waals surface area contributed by atoms with Gasteiger partial charge in [0.15, 0.2) is 0 Å². The normalized spacial score (nSPS) is 9.71. The fourth-order valence-electron chi connectivity index (χ4n) is 0.871. The number of benzene rings is 1. The zero-order valence-electron chi connectivity index (χ0n) is 7.16. The Balaban J connectivity index is 2.83. The standard InChI is InChI=1S/C9H7N3O2/c10-12-11-8-4-1-7(2-5-8)3-6-9(13)14/h1-6H,(H,13,14)/b6-3+. The lowest BCUT2D eigenvalue weighted by molar-refractivity contribution is -0.131. The number of hydrogen-bond donors (Lipinski definition) is 1. The zero-order chi connectivity index (χ0) is 10.4. The molecule has 0 saturated carbocycles. The Kier molecular flexibility index (Phi) is 3.29. The van der Waals surface area contributed by atoms with E-state index >= 15 is 0 Å². The van der Waals surface area contributed by atoms with Gasteiger partial charge < -0.3 is 5.11 Å². The van der Waals surface area contributed by atoms with E-state index in [0.29, 0.717) is 5.69 Å². The Morgan fingerprint density at radius 1 is 1.43 bits per heavy atom. The van der Waals surface area contributed by atoms with Gasteiger partial charge in [0.1, 0.15) is 0 Å². The van der Waals surface area contributed by atoms with E-state index in [-0.39, 0.29) is 0 Å². The maximum Gasteiger partial charge on any atom is 0.328 e. The van der Waals surface area contributed by atoms with Crippen molar-refractivity contribution < 1.29 is 9.90 Å². The van der Waals surface area contributed by atoms with E-state index in [9.17, 15) is 4.79 Å². The van der Waals surface area contributed by atoms with Gasteiger partial charge in [-0.25, -0.2) is 4.79 Å². The van der Waals surface area contributed by atoms with Gasteiger partial charge >= 0.3 is 5.97 Å². The summed E-state index contributed by atoms with van der Waals surface area (Å²) >= 11 is 0. The van der Waals surface area contributed by atoms with Crippen LogP contribution in [0.25, 0.3) is 16.5 Å². The molecule has 1 aromatic carbocycles. The van der Waals surface area contributed by atoms with E-state index in [1.54, 1.807) is 24.3 Å². The minimum absolute atomic E-state index is 0.500. The highest BCUT2D eigenvalue weighted by Crippen LogP contribution is 2.13. The van der Waals surface area contributed by atoms with Crippen LogP contribution in [0.1, 0.15) is 5.56 Å². The van der Waals surface area contributed by atoms with Gasteiger partial charge in [-0.1, -0.05) is 29.4 Å². The number of aliphatic carboxylic acids is 1. The predicted octanol–water partition coefficient (Wildman–Crippen LogP) is 2.73. The number of carboxylic acid groups (broad SMARTS) is 1. The molecule has 0 aliphatic carbocycles. The van der Waals surface area contributed by atoms with Gasteiger partial charge in [-0.05, 0) is 17.2 Å². The van der Waals surface area contributed by atoms with E-state index in [0.717, 1.165) is 11.6 Å². The second kappa shape index (κ2) is 4.69. The number of hydrogen-bond acceptors (Lipinski definition) is 2. The molecule has 0 radical (unpaired) electrons. The van der Waals surface area contributed by atoms with E-state index in [1.807, 2.05) is 0 Å². The summed E-state index contributed by atoms with van der Waals surface area (Å²) in [6, 6.07) is 6.56. The molecule has 70 valence electrons. The average Bonchev–Trinajstić information content (AvgIpc) is 2.17. The highest BCUT2D eigenvalue weighted by atomic mass is 16.4. The van der Waals surface area contributed by atoms with Crippen molar-refractivity contribution in [2.75, 3.05) is 0 Å². The quantitative estimate of drug-likeness (QED) is 0.343. The summed E-state index contributed by atoms with van der Waals surface area (Å²) in [6.07, 6.45) is 2.50. The summed E-state index contributed by atoms with van der Waals surface area (Å²) in [7, 11) is 0. The Bertz CT molecular complexity index is 403. The number of nitrogens with zero attached hydrogens (tertiary/aromatic N) is 3. The average molecular weight is 189 g/mol. The van der Waals surface area contributed by atoms with Crippen LogP contribution in [0.15, 0.2) is 35.5 Å². The number of carboxylic acids is 1. The molecule has 5 nitrogen and oxygen atoms in total. The molecule has 0 aromatic heterocycles. The van der Waals surface area contributed by atoms with Crippen molar-refractivity contribution in [3.8, 4) is 0 Å². The third-order valence-corrected chi connectivity index (χ3v) is 1.47. The number of rotatable bonds is 3. The highest BCUT2D eigenvalue weighted by molar-refractivity contribution is 5.85. The van der Waals surface area contributed by atoms with Crippen LogP contribution in [0.2, 0.25) is 0 Å². The molecule has 0 amide bonds. The zero-order valence-corrected chi connectivity index (χ0v) is 7.16. The monoisotopic (exact) mass is 189 g/mol. The van der Waals surface area contributed by atoms with Crippen LogP contribution in [0, 0.1) is 0 Å².